The number of halogens is 6. The highest BCUT2D eigenvalue weighted by Crippen LogP contribution is 2.39. The van der Waals surface area contributed by atoms with Crippen LogP contribution in [-0.2, 0) is 25.9 Å². The Balaban J connectivity index is 2.26. The van der Waals surface area contributed by atoms with Gasteiger partial charge in [-0.2, -0.15) is 13.2 Å². The van der Waals surface area contributed by atoms with Crippen molar-refractivity contribution >= 4 is 31.3 Å². The number of anilines is 1. The van der Waals surface area contributed by atoms with E-state index in [1.807, 2.05) is 0 Å². The van der Waals surface area contributed by atoms with Crippen molar-refractivity contribution in [1.82, 2.24) is 4.98 Å². The summed E-state index contributed by atoms with van der Waals surface area (Å²) in [7, 11) is -8.02. The molecule has 0 saturated heterocycles. The minimum absolute atomic E-state index is 0.105. The number of hydrogen-bond acceptors (Lipinski definition) is 7. The highest BCUT2D eigenvalue weighted by molar-refractivity contribution is 7.91. The van der Waals surface area contributed by atoms with Crippen LogP contribution in [0, 0.1) is 0 Å². The molecule has 8 nitrogen and oxygen atoms in total. The van der Waals surface area contributed by atoms with Gasteiger partial charge in [0.25, 0.3) is 5.91 Å². The number of aromatic nitrogens is 1. The molecule has 1 amide bonds. The van der Waals surface area contributed by atoms with E-state index in [0.717, 1.165) is 24.7 Å². The van der Waals surface area contributed by atoms with Gasteiger partial charge in [-0.05, 0) is 30.3 Å². The minimum Gasteiger partial charge on any atom is -0.405 e. The van der Waals surface area contributed by atoms with Crippen LogP contribution in [0.25, 0.3) is 11.1 Å². The first-order valence-electron chi connectivity index (χ1n) is 11.0. The zero-order valence-corrected chi connectivity index (χ0v) is 22.2. The number of amides is 1. The van der Waals surface area contributed by atoms with Crippen molar-refractivity contribution < 1.29 is 52.7 Å². The normalized spacial score (nSPS) is 12.7. The molecule has 2 aromatic carbocycles. The molecule has 0 unspecified atom stereocenters. The van der Waals surface area contributed by atoms with Crippen LogP contribution in [0.4, 0.5) is 32.0 Å². The van der Waals surface area contributed by atoms with E-state index in [2.05, 4.69) is 9.72 Å². The van der Waals surface area contributed by atoms with Crippen LogP contribution in [0.1, 0.15) is 15.9 Å². The minimum atomic E-state index is -5.10. The van der Waals surface area contributed by atoms with E-state index in [9.17, 15) is 48.0 Å². The van der Waals surface area contributed by atoms with E-state index in [4.69, 9.17) is 0 Å². The van der Waals surface area contributed by atoms with E-state index in [1.165, 1.54) is 24.3 Å². The lowest BCUT2D eigenvalue weighted by Crippen LogP contribution is -2.36. The molecule has 0 radical (unpaired) electrons. The Morgan fingerprint density at radius 3 is 2.15 bits per heavy atom. The number of ether oxygens (including phenoxy) is 1. The van der Waals surface area contributed by atoms with Crippen LogP contribution in [0.2, 0.25) is 0 Å². The van der Waals surface area contributed by atoms with Crippen LogP contribution in [0.15, 0.2) is 65.8 Å². The van der Waals surface area contributed by atoms with Gasteiger partial charge in [-0.25, -0.2) is 16.8 Å². The lowest BCUT2D eigenvalue weighted by Gasteiger charge is -2.26. The molecular formula is C24H20F6N2O6S2. The topological polar surface area (TPSA) is 111 Å². The van der Waals surface area contributed by atoms with Gasteiger partial charge in [0.15, 0.2) is 9.84 Å². The molecule has 0 aliphatic heterocycles. The van der Waals surface area contributed by atoms with Crippen molar-refractivity contribution in [2.75, 3.05) is 29.7 Å². The monoisotopic (exact) mass is 610 g/mol. The summed E-state index contributed by atoms with van der Waals surface area (Å²) in [6.45, 7) is -0.664. The second-order valence-electron chi connectivity index (χ2n) is 8.54. The number of sulfone groups is 2. The summed E-state index contributed by atoms with van der Waals surface area (Å²) in [6, 6.07) is 7.42. The maximum Gasteiger partial charge on any atom is 0.573 e. The molecule has 0 fully saturated rings. The number of rotatable bonds is 8. The molecule has 0 bridgehead atoms. The molecular weight excluding hydrogens is 590 g/mol. The lowest BCUT2D eigenvalue weighted by atomic mass is 10.0. The van der Waals surface area contributed by atoms with E-state index in [1.54, 1.807) is 0 Å². The largest absolute Gasteiger partial charge is 0.573 e. The molecule has 3 rings (SSSR count). The van der Waals surface area contributed by atoms with Crippen molar-refractivity contribution in [3.05, 3.63) is 72.1 Å². The van der Waals surface area contributed by atoms with Crippen molar-refractivity contribution in [1.29, 1.82) is 0 Å². The maximum absolute atomic E-state index is 13.6. The highest BCUT2D eigenvalue weighted by atomic mass is 32.2. The summed E-state index contributed by atoms with van der Waals surface area (Å²) in [4.78, 5) is 17.4. The average Bonchev–Trinajstić information content (AvgIpc) is 2.82. The van der Waals surface area contributed by atoms with Gasteiger partial charge in [0, 0.05) is 41.9 Å². The third-order valence-corrected chi connectivity index (χ3v) is 7.35. The average molecular weight is 611 g/mol. The van der Waals surface area contributed by atoms with E-state index < -0.39 is 72.2 Å². The standard InChI is InChI=1S/C24H20F6N2O6S2/c1-39(34,35)10-9-32(22(33)15-11-16(23(25,26)27)13-17(12-15)40(2,36)37)20-14-31-8-7-18(20)19-5-3-4-6-21(19)38-24(28,29)30/h3-8,11-14H,9-10H2,1-2H3. The fourth-order valence-corrected chi connectivity index (χ4v) is 4.77. The van der Waals surface area contributed by atoms with Crippen LogP contribution in [0.5, 0.6) is 5.75 Å². The first-order valence-corrected chi connectivity index (χ1v) is 14.9. The summed E-state index contributed by atoms with van der Waals surface area (Å²) in [5.74, 6) is -2.65. The summed E-state index contributed by atoms with van der Waals surface area (Å²) in [5, 5.41) is 0. The summed E-state index contributed by atoms with van der Waals surface area (Å²) in [6.07, 6.45) is -6.53. The van der Waals surface area contributed by atoms with Crippen molar-refractivity contribution in [3.8, 4) is 16.9 Å². The van der Waals surface area contributed by atoms with Gasteiger partial charge < -0.3 is 9.64 Å². The number of hydrogen-bond donors (Lipinski definition) is 0. The van der Waals surface area contributed by atoms with Gasteiger partial charge in [-0.1, -0.05) is 18.2 Å². The fraction of sp³-hybridized carbons (Fsp3) is 0.250. The second-order valence-corrected chi connectivity index (χ2v) is 12.8. The molecule has 0 N–H and O–H groups in total. The Hall–Kier alpha value is -3.66. The molecule has 0 aliphatic carbocycles. The van der Waals surface area contributed by atoms with Crippen LogP contribution in [0.3, 0.4) is 0 Å². The molecule has 0 atom stereocenters. The maximum atomic E-state index is 13.6. The molecule has 16 heteroatoms. The third-order valence-electron chi connectivity index (χ3n) is 5.33. The van der Waals surface area contributed by atoms with Gasteiger partial charge in [0.05, 0.1) is 28.1 Å². The Kier molecular flexibility index (Phi) is 8.55. The Labute approximate surface area is 225 Å². The Morgan fingerprint density at radius 1 is 0.925 bits per heavy atom. The van der Waals surface area contributed by atoms with Crippen LogP contribution >= 0.6 is 0 Å². The van der Waals surface area contributed by atoms with Crippen LogP contribution < -0.4 is 9.64 Å². The molecule has 0 spiro atoms. The number of carbonyl (C=O) groups is 1. The first kappa shape index (κ1) is 30.9. The Bertz CT molecular complexity index is 1640. The smallest absolute Gasteiger partial charge is 0.405 e. The van der Waals surface area contributed by atoms with E-state index in [0.29, 0.717) is 29.4 Å². The number of para-hydroxylation sites is 1. The second kappa shape index (κ2) is 11.1. The van der Waals surface area contributed by atoms with Gasteiger partial charge in [0.1, 0.15) is 15.6 Å². The molecule has 0 aliphatic rings. The zero-order valence-electron chi connectivity index (χ0n) is 20.6. The molecule has 1 heterocycles. The Morgan fingerprint density at radius 2 is 1.57 bits per heavy atom. The summed E-state index contributed by atoms with van der Waals surface area (Å²) >= 11 is 0. The molecule has 1 aromatic heterocycles. The van der Waals surface area contributed by atoms with Gasteiger partial charge in [-0.15, -0.1) is 13.2 Å². The van der Waals surface area contributed by atoms with Crippen molar-refractivity contribution in [3.63, 3.8) is 0 Å². The summed E-state index contributed by atoms with van der Waals surface area (Å²) in [5.41, 5.74) is -2.80. The molecule has 216 valence electrons. The predicted octanol–water partition coefficient (Wildman–Crippen LogP) is 4.76. The van der Waals surface area contributed by atoms with Gasteiger partial charge >= 0.3 is 12.5 Å². The number of carbonyl (C=O) groups excluding carboxylic acids is 1. The highest BCUT2D eigenvalue weighted by Gasteiger charge is 2.35. The molecule has 3 aromatic rings. The van der Waals surface area contributed by atoms with E-state index >= 15 is 0 Å². The van der Waals surface area contributed by atoms with Gasteiger partial charge in [0.2, 0.25) is 0 Å². The lowest BCUT2D eigenvalue weighted by molar-refractivity contribution is -0.274. The molecule has 40 heavy (non-hydrogen) atoms. The van der Waals surface area contributed by atoms with Crippen LogP contribution in [-0.4, -0.2) is 58.9 Å². The zero-order chi connectivity index (χ0) is 30.1. The van der Waals surface area contributed by atoms with Crippen molar-refractivity contribution in [2.45, 2.75) is 17.4 Å². The predicted molar refractivity (Wildman–Crippen MR) is 132 cm³/mol. The van der Waals surface area contributed by atoms with Gasteiger partial charge in [-0.3, -0.25) is 9.78 Å². The number of alkyl halides is 6. The number of pyridine rings is 1. The third kappa shape index (κ3) is 7.94. The quantitative estimate of drug-likeness (QED) is 0.338. The van der Waals surface area contributed by atoms with Crippen molar-refractivity contribution in [2.24, 2.45) is 0 Å². The fourth-order valence-electron chi connectivity index (χ4n) is 3.58. The number of benzene rings is 2. The van der Waals surface area contributed by atoms with E-state index in [-0.39, 0.29) is 16.8 Å². The summed E-state index contributed by atoms with van der Waals surface area (Å²) < 4.78 is 132. The SMILES string of the molecule is CS(=O)(=O)CCN(C(=O)c1cc(C(F)(F)F)cc(S(C)(=O)=O)c1)c1cnccc1-c1ccccc1OC(F)(F)F. The number of nitrogens with zero attached hydrogens (tertiary/aromatic N) is 2. The molecule has 0 saturated carbocycles. The first-order chi connectivity index (χ1) is 18.3.